The summed E-state index contributed by atoms with van der Waals surface area (Å²) in [5, 5.41) is 16.5. The Labute approximate surface area is 134 Å². The molecule has 2 N–H and O–H groups in total. The van der Waals surface area contributed by atoms with Crippen molar-refractivity contribution in [2.45, 2.75) is 6.04 Å². The van der Waals surface area contributed by atoms with Gasteiger partial charge in [0, 0.05) is 18.0 Å². The molecule has 1 aromatic heterocycles. The van der Waals surface area contributed by atoms with Crippen LogP contribution in [0.3, 0.4) is 0 Å². The van der Waals surface area contributed by atoms with Gasteiger partial charge >= 0.3 is 0 Å². The fourth-order valence-electron chi connectivity index (χ4n) is 2.35. The maximum absolute atomic E-state index is 12.3. The number of nitrogens with zero attached hydrogens (tertiary/aromatic N) is 2. The zero-order valence-corrected chi connectivity index (χ0v) is 12.5. The molecule has 0 bridgehead atoms. The molecule has 0 aliphatic carbocycles. The molecule has 3 rings (SSSR count). The van der Waals surface area contributed by atoms with Gasteiger partial charge in [-0.3, -0.25) is 4.79 Å². The van der Waals surface area contributed by atoms with E-state index in [1.54, 1.807) is 23.0 Å². The van der Waals surface area contributed by atoms with Gasteiger partial charge in [0.25, 0.3) is 5.91 Å². The molecule has 0 saturated carbocycles. The summed E-state index contributed by atoms with van der Waals surface area (Å²) in [7, 11) is 0. The zero-order valence-electron chi connectivity index (χ0n) is 12.5. The molecule has 3 aromatic rings. The minimum atomic E-state index is -0.422. The van der Waals surface area contributed by atoms with Crippen LogP contribution in [0.4, 0.5) is 0 Å². The molecule has 1 atom stereocenters. The fourth-order valence-corrected chi connectivity index (χ4v) is 2.35. The standard InChI is InChI=1S/C18H17N3O2/c22-13-17(14-5-2-1-3-6-14)20-18(23)15-7-9-16(10-8-15)21-12-4-11-19-21/h1-12,17,22H,13H2,(H,20,23). The Bertz CT molecular complexity index is 753. The lowest BCUT2D eigenvalue weighted by Crippen LogP contribution is -2.30. The number of hydrogen-bond acceptors (Lipinski definition) is 3. The summed E-state index contributed by atoms with van der Waals surface area (Å²) in [5.41, 5.74) is 2.29. The minimum Gasteiger partial charge on any atom is -0.394 e. The molecule has 0 fully saturated rings. The summed E-state index contributed by atoms with van der Waals surface area (Å²) >= 11 is 0. The number of aromatic nitrogens is 2. The molecule has 1 amide bonds. The van der Waals surface area contributed by atoms with Crippen molar-refractivity contribution in [1.82, 2.24) is 15.1 Å². The number of hydrogen-bond donors (Lipinski definition) is 2. The average Bonchev–Trinajstić information content (AvgIpc) is 3.15. The highest BCUT2D eigenvalue weighted by Gasteiger charge is 2.14. The van der Waals surface area contributed by atoms with E-state index < -0.39 is 6.04 Å². The zero-order chi connectivity index (χ0) is 16.1. The second-order valence-corrected chi connectivity index (χ2v) is 5.12. The van der Waals surface area contributed by atoms with Crippen LogP contribution in [-0.4, -0.2) is 27.4 Å². The van der Waals surface area contributed by atoms with Crippen LogP contribution in [0.5, 0.6) is 0 Å². The molecule has 0 aliphatic rings. The third kappa shape index (κ3) is 3.46. The van der Waals surface area contributed by atoms with Crippen molar-refractivity contribution in [3.8, 4) is 5.69 Å². The van der Waals surface area contributed by atoms with Gasteiger partial charge < -0.3 is 10.4 Å². The highest BCUT2D eigenvalue weighted by molar-refractivity contribution is 5.94. The molecule has 0 radical (unpaired) electrons. The van der Waals surface area contributed by atoms with E-state index in [1.165, 1.54) is 0 Å². The van der Waals surface area contributed by atoms with Crippen molar-refractivity contribution in [3.63, 3.8) is 0 Å². The van der Waals surface area contributed by atoms with Gasteiger partial charge in [-0.25, -0.2) is 4.68 Å². The van der Waals surface area contributed by atoms with Crippen LogP contribution in [0.15, 0.2) is 73.1 Å². The first-order valence-corrected chi connectivity index (χ1v) is 7.34. The van der Waals surface area contributed by atoms with Gasteiger partial charge in [0.15, 0.2) is 0 Å². The highest BCUT2D eigenvalue weighted by Crippen LogP contribution is 2.14. The number of benzene rings is 2. The van der Waals surface area contributed by atoms with Crippen molar-refractivity contribution in [1.29, 1.82) is 0 Å². The van der Waals surface area contributed by atoms with Crippen LogP contribution in [-0.2, 0) is 0 Å². The topological polar surface area (TPSA) is 67.2 Å². The first kappa shape index (κ1) is 15.0. The Hall–Kier alpha value is -2.92. The van der Waals surface area contributed by atoms with Crippen molar-refractivity contribution in [2.75, 3.05) is 6.61 Å². The molecule has 2 aromatic carbocycles. The van der Waals surface area contributed by atoms with Crippen LogP contribution in [0.1, 0.15) is 22.0 Å². The monoisotopic (exact) mass is 307 g/mol. The molecular formula is C18H17N3O2. The molecule has 0 saturated heterocycles. The SMILES string of the molecule is O=C(NC(CO)c1ccccc1)c1ccc(-n2cccn2)cc1. The van der Waals surface area contributed by atoms with Gasteiger partial charge in [-0.15, -0.1) is 0 Å². The van der Waals surface area contributed by atoms with Crippen molar-refractivity contribution in [3.05, 3.63) is 84.2 Å². The average molecular weight is 307 g/mol. The van der Waals surface area contributed by atoms with E-state index >= 15 is 0 Å². The Balaban J connectivity index is 1.72. The van der Waals surface area contributed by atoms with Gasteiger partial charge in [0.1, 0.15) is 0 Å². The van der Waals surface area contributed by atoms with Crippen LogP contribution in [0.2, 0.25) is 0 Å². The van der Waals surface area contributed by atoms with Crippen LogP contribution >= 0.6 is 0 Å². The summed E-state index contributed by atoms with van der Waals surface area (Å²) in [6, 6.07) is 18.0. The Kier molecular flexibility index (Phi) is 4.49. The van der Waals surface area contributed by atoms with Gasteiger partial charge in [-0.2, -0.15) is 5.10 Å². The maximum Gasteiger partial charge on any atom is 0.251 e. The van der Waals surface area contributed by atoms with Gasteiger partial charge in [0.05, 0.1) is 18.3 Å². The normalized spacial score (nSPS) is 11.9. The smallest absolute Gasteiger partial charge is 0.251 e. The van der Waals surface area contributed by atoms with Gasteiger partial charge in [-0.1, -0.05) is 30.3 Å². The lowest BCUT2D eigenvalue weighted by atomic mass is 10.1. The summed E-state index contributed by atoms with van der Waals surface area (Å²) in [5.74, 6) is -0.222. The number of rotatable bonds is 5. The molecule has 1 heterocycles. The second-order valence-electron chi connectivity index (χ2n) is 5.12. The quantitative estimate of drug-likeness (QED) is 0.760. The van der Waals surface area contributed by atoms with E-state index in [9.17, 15) is 9.90 Å². The Morgan fingerprint density at radius 3 is 2.43 bits per heavy atom. The summed E-state index contributed by atoms with van der Waals surface area (Å²) in [4.78, 5) is 12.3. The van der Waals surface area contributed by atoms with Gasteiger partial charge in [-0.05, 0) is 35.9 Å². The van der Waals surface area contributed by atoms with Crippen molar-refractivity contribution < 1.29 is 9.90 Å². The number of aliphatic hydroxyl groups excluding tert-OH is 1. The molecule has 5 nitrogen and oxygen atoms in total. The number of aliphatic hydroxyl groups is 1. The third-order valence-corrected chi connectivity index (χ3v) is 3.59. The molecular weight excluding hydrogens is 290 g/mol. The van der Waals surface area contributed by atoms with Crippen molar-refractivity contribution >= 4 is 5.91 Å². The molecule has 23 heavy (non-hydrogen) atoms. The number of carbonyl (C=O) groups excluding carboxylic acids is 1. The fraction of sp³-hybridized carbons (Fsp3) is 0.111. The van der Waals surface area contributed by atoms with Crippen molar-refractivity contribution in [2.24, 2.45) is 0 Å². The first-order chi connectivity index (χ1) is 11.3. The molecule has 5 heteroatoms. The van der Waals surface area contributed by atoms with Gasteiger partial charge in [0.2, 0.25) is 0 Å². The van der Waals surface area contributed by atoms with E-state index in [0.717, 1.165) is 11.3 Å². The summed E-state index contributed by atoms with van der Waals surface area (Å²) in [6.45, 7) is -0.152. The van der Waals surface area contributed by atoms with E-state index in [1.807, 2.05) is 54.7 Å². The molecule has 1 unspecified atom stereocenters. The predicted octanol–water partition coefficient (Wildman–Crippen LogP) is 2.34. The first-order valence-electron chi connectivity index (χ1n) is 7.34. The lowest BCUT2D eigenvalue weighted by Gasteiger charge is -2.16. The number of carbonyl (C=O) groups is 1. The number of amides is 1. The van der Waals surface area contributed by atoms with Crippen LogP contribution < -0.4 is 5.32 Å². The minimum absolute atomic E-state index is 0.152. The summed E-state index contributed by atoms with van der Waals surface area (Å²) < 4.78 is 1.72. The Morgan fingerprint density at radius 2 is 1.83 bits per heavy atom. The molecule has 116 valence electrons. The largest absolute Gasteiger partial charge is 0.394 e. The lowest BCUT2D eigenvalue weighted by molar-refractivity contribution is 0.0916. The molecule has 0 aliphatic heterocycles. The second kappa shape index (κ2) is 6.89. The predicted molar refractivity (Wildman–Crippen MR) is 87.3 cm³/mol. The van der Waals surface area contributed by atoms with E-state index in [4.69, 9.17) is 0 Å². The third-order valence-electron chi connectivity index (χ3n) is 3.59. The Morgan fingerprint density at radius 1 is 1.09 bits per heavy atom. The summed E-state index contributed by atoms with van der Waals surface area (Å²) in [6.07, 6.45) is 3.54. The van der Waals surface area contributed by atoms with Crippen LogP contribution in [0.25, 0.3) is 5.69 Å². The highest BCUT2D eigenvalue weighted by atomic mass is 16.3. The van der Waals surface area contributed by atoms with E-state index in [-0.39, 0.29) is 12.5 Å². The maximum atomic E-state index is 12.3. The van der Waals surface area contributed by atoms with E-state index in [2.05, 4.69) is 10.4 Å². The number of nitrogens with one attached hydrogen (secondary N) is 1. The molecule has 0 spiro atoms. The van der Waals surface area contributed by atoms with Crippen LogP contribution in [0, 0.1) is 0 Å². The van der Waals surface area contributed by atoms with E-state index in [0.29, 0.717) is 5.56 Å².